The Morgan fingerprint density at radius 3 is 2.54 bits per heavy atom. The monoisotopic (exact) mass is 331 g/mol. The molecule has 1 N–H and O–H groups in total. The largest absolute Gasteiger partial charge is 0.495 e. The Bertz CT molecular complexity index is 535. The van der Waals surface area contributed by atoms with Crippen LogP contribution < -0.4 is 10.1 Å². The van der Waals surface area contributed by atoms with Gasteiger partial charge in [0, 0.05) is 19.6 Å². The van der Waals surface area contributed by atoms with Crippen LogP contribution in [0, 0.1) is 5.92 Å². The number of nitrogens with zero attached hydrogens (tertiary/aromatic N) is 2. The third kappa shape index (κ3) is 4.41. The number of hydrogen-bond acceptors (Lipinski definition) is 3. The number of likely N-dealkylation sites (tertiary alicyclic amines) is 2. The minimum atomic E-state index is -0.0177. The standard InChI is InChI=1S/C19H29N3O2/c1-24-18-8-4-3-7-17(18)20-19(23)22-13-9-16(10-14-22)15-21-11-5-2-6-12-21/h3-4,7-8,16H,2,5-6,9-15H2,1H3,(H,20,23). The second-order valence-electron chi connectivity index (χ2n) is 6.92. The van der Waals surface area contributed by atoms with Crippen molar-refractivity contribution in [2.24, 2.45) is 5.92 Å². The van der Waals surface area contributed by atoms with Gasteiger partial charge in [0.25, 0.3) is 0 Å². The van der Waals surface area contributed by atoms with Crippen LogP contribution in [0.5, 0.6) is 5.75 Å². The fourth-order valence-corrected chi connectivity index (χ4v) is 3.77. The molecule has 0 spiro atoms. The smallest absolute Gasteiger partial charge is 0.321 e. The number of nitrogens with one attached hydrogen (secondary N) is 1. The van der Waals surface area contributed by atoms with Gasteiger partial charge in [-0.25, -0.2) is 4.79 Å². The molecule has 1 aromatic rings. The lowest BCUT2D eigenvalue weighted by molar-refractivity contribution is 0.142. The van der Waals surface area contributed by atoms with Crippen molar-refractivity contribution in [2.45, 2.75) is 32.1 Å². The highest BCUT2D eigenvalue weighted by atomic mass is 16.5. The topological polar surface area (TPSA) is 44.8 Å². The summed E-state index contributed by atoms with van der Waals surface area (Å²) < 4.78 is 5.30. The first-order chi connectivity index (χ1) is 11.8. The first-order valence-electron chi connectivity index (χ1n) is 9.17. The molecular weight excluding hydrogens is 302 g/mol. The quantitative estimate of drug-likeness (QED) is 0.919. The molecule has 1 aromatic carbocycles. The Labute approximate surface area is 145 Å². The van der Waals surface area contributed by atoms with Crippen molar-refractivity contribution in [2.75, 3.05) is 45.2 Å². The Kier molecular flexibility index (Phi) is 5.96. The van der Waals surface area contributed by atoms with E-state index >= 15 is 0 Å². The second-order valence-corrected chi connectivity index (χ2v) is 6.92. The Morgan fingerprint density at radius 2 is 1.83 bits per heavy atom. The molecule has 2 saturated heterocycles. The van der Waals surface area contributed by atoms with Crippen molar-refractivity contribution < 1.29 is 9.53 Å². The van der Waals surface area contributed by atoms with Crippen molar-refractivity contribution in [1.29, 1.82) is 0 Å². The van der Waals surface area contributed by atoms with E-state index in [4.69, 9.17) is 4.74 Å². The zero-order valence-corrected chi connectivity index (χ0v) is 14.7. The van der Waals surface area contributed by atoms with E-state index in [1.807, 2.05) is 29.2 Å². The minimum absolute atomic E-state index is 0.0177. The molecule has 0 atom stereocenters. The van der Waals surface area contributed by atoms with E-state index in [1.54, 1.807) is 7.11 Å². The Hall–Kier alpha value is -1.75. The van der Waals surface area contributed by atoms with Gasteiger partial charge in [-0.05, 0) is 56.8 Å². The summed E-state index contributed by atoms with van der Waals surface area (Å²) in [6.07, 6.45) is 6.30. The predicted octanol–water partition coefficient (Wildman–Crippen LogP) is 3.43. The molecule has 2 aliphatic heterocycles. The first-order valence-corrected chi connectivity index (χ1v) is 9.17. The van der Waals surface area contributed by atoms with Crippen LogP contribution in [-0.4, -0.2) is 55.7 Å². The molecule has 2 fully saturated rings. The van der Waals surface area contributed by atoms with Crippen molar-refractivity contribution in [1.82, 2.24) is 9.80 Å². The average Bonchev–Trinajstić information content (AvgIpc) is 2.63. The van der Waals surface area contributed by atoms with E-state index in [2.05, 4.69) is 10.2 Å². The normalized spacial score (nSPS) is 20.0. The fraction of sp³-hybridized carbons (Fsp3) is 0.632. The molecule has 0 bridgehead atoms. The molecule has 2 heterocycles. The van der Waals surface area contributed by atoms with Gasteiger partial charge in [-0.3, -0.25) is 0 Å². The molecule has 2 aliphatic rings. The van der Waals surface area contributed by atoms with Gasteiger partial charge >= 0.3 is 6.03 Å². The number of carbonyl (C=O) groups is 1. The van der Waals surface area contributed by atoms with Crippen molar-refractivity contribution in [3.8, 4) is 5.75 Å². The zero-order chi connectivity index (χ0) is 16.8. The maximum atomic E-state index is 12.5. The van der Waals surface area contributed by atoms with Gasteiger partial charge in [-0.2, -0.15) is 0 Å². The summed E-state index contributed by atoms with van der Waals surface area (Å²) in [5, 5.41) is 2.98. The molecule has 2 amide bonds. The maximum absolute atomic E-state index is 12.5. The van der Waals surface area contributed by atoms with Crippen LogP contribution in [0.1, 0.15) is 32.1 Å². The van der Waals surface area contributed by atoms with Gasteiger partial charge in [0.15, 0.2) is 0 Å². The lowest BCUT2D eigenvalue weighted by Crippen LogP contribution is -2.44. The number of para-hydroxylation sites is 2. The van der Waals surface area contributed by atoms with Crippen LogP contribution in [-0.2, 0) is 0 Å². The number of hydrogen-bond donors (Lipinski definition) is 1. The maximum Gasteiger partial charge on any atom is 0.321 e. The van der Waals surface area contributed by atoms with Gasteiger partial charge in [0.05, 0.1) is 12.8 Å². The highest BCUT2D eigenvalue weighted by molar-refractivity contribution is 5.91. The summed E-state index contributed by atoms with van der Waals surface area (Å²) in [7, 11) is 1.62. The third-order valence-electron chi connectivity index (χ3n) is 5.22. The van der Waals surface area contributed by atoms with E-state index in [9.17, 15) is 4.79 Å². The molecular formula is C19H29N3O2. The summed E-state index contributed by atoms with van der Waals surface area (Å²) in [6, 6.07) is 7.53. The average molecular weight is 331 g/mol. The molecule has 0 saturated carbocycles. The molecule has 5 nitrogen and oxygen atoms in total. The van der Waals surface area contributed by atoms with Gasteiger partial charge < -0.3 is 19.9 Å². The highest BCUT2D eigenvalue weighted by Crippen LogP contribution is 2.25. The van der Waals surface area contributed by atoms with E-state index in [0.717, 1.165) is 37.5 Å². The fourth-order valence-electron chi connectivity index (χ4n) is 3.77. The summed E-state index contributed by atoms with van der Waals surface area (Å²) in [5.41, 5.74) is 0.737. The van der Waals surface area contributed by atoms with Crippen LogP contribution in [0.25, 0.3) is 0 Å². The number of urea groups is 1. The van der Waals surface area contributed by atoms with Gasteiger partial charge in [0.1, 0.15) is 5.75 Å². The molecule has 0 unspecified atom stereocenters. The zero-order valence-electron chi connectivity index (χ0n) is 14.7. The molecule has 0 aliphatic carbocycles. The van der Waals surface area contributed by atoms with Crippen LogP contribution in [0.15, 0.2) is 24.3 Å². The summed E-state index contributed by atoms with van der Waals surface area (Å²) >= 11 is 0. The van der Waals surface area contributed by atoms with Crippen LogP contribution in [0.3, 0.4) is 0 Å². The number of carbonyl (C=O) groups excluding carboxylic acids is 1. The third-order valence-corrected chi connectivity index (χ3v) is 5.22. The second kappa shape index (κ2) is 8.38. The number of amides is 2. The van der Waals surface area contributed by atoms with Gasteiger partial charge in [-0.1, -0.05) is 18.6 Å². The predicted molar refractivity (Wildman–Crippen MR) is 96.6 cm³/mol. The van der Waals surface area contributed by atoms with Crippen molar-refractivity contribution >= 4 is 11.7 Å². The summed E-state index contributed by atoms with van der Waals surface area (Å²) in [4.78, 5) is 17.0. The van der Waals surface area contributed by atoms with Crippen molar-refractivity contribution in [3.63, 3.8) is 0 Å². The van der Waals surface area contributed by atoms with Crippen LogP contribution in [0.4, 0.5) is 10.5 Å². The van der Waals surface area contributed by atoms with E-state index < -0.39 is 0 Å². The van der Waals surface area contributed by atoms with Crippen LogP contribution in [0.2, 0.25) is 0 Å². The summed E-state index contributed by atoms with van der Waals surface area (Å²) in [5.74, 6) is 1.43. The number of ether oxygens (including phenoxy) is 1. The van der Waals surface area contributed by atoms with E-state index in [0.29, 0.717) is 5.75 Å². The molecule has 0 radical (unpaired) electrons. The SMILES string of the molecule is COc1ccccc1NC(=O)N1CCC(CN2CCCCC2)CC1. The number of methoxy groups -OCH3 is 1. The molecule has 24 heavy (non-hydrogen) atoms. The number of anilines is 1. The number of rotatable bonds is 4. The highest BCUT2D eigenvalue weighted by Gasteiger charge is 2.25. The molecule has 5 heteroatoms. The molecule has 0 aromatic heterocycles. The molecule has 3 rings (SSSR count). The van der Waals surface area contributed by atoms with Gasteiger partial charge in [-0.15, -0.1) is 0 Å². The summed E-state index contributed by atoms with van der Waals surface area (Å²) in [6.45, 7) is 5.42. The Balaban J connectivity index is 1.46. The molecule has 132 valence electrons. The van der Waals surface area contributed by atoms with E-state index in [1.165, 1.54) is 38.9 Å². The van der Waals surface area contributed by atoms with E-state index in [-0.39, 0.29) is 6.03 Å². The van der Waals surface area contributed by atoms with Crippen LogP contribution >= 0.6 is 0 Å². The number of benzene rings is 1. The first kappa shape index (κ1) is 17.1. The lowest BCUT2D eigenvalue weighted by Gasteiger charge is -2.36. The Morgan fingerprint density at radius 1 is 1.12 bits per heavy atom. The number of piperidine rings is 2. The van der Waals surface area contributed by atoms with Crippen molar-refractivity contribution in [3.05, 3.63) is 24.3 Å². The minimum Gasteiger partial charge on any atom is -0.495 e. The lowest BCUT2D eigenvalue weighted by atomic mass is 9.95. The van der Waals surface area contributed by atoms with Gasteiger partial charge in [0.2, 0.25) is 0 Å².